The molecule has 98 valence electrons. The van der Waals surface area contributed by atoms with Crippen LogP contribution in [0.5, 0.6) is 0 Å². The van der Waals surface area contributed by atoms with E-state index in [9.17, 15) is 4.79 Å². The Morgan fingerprint density at radius 3 is 2.67 bits per heavy atom. The molecule has 0 heterocycles. The molecule has 1 aromatic rings. The van der Waals surface area contributed by atoms with Crippen molar-refractivity contribution in [2.45, 2.75) is 41.9 Å². The van der Waals surface area contributed by atoms with Gasteiger partial charge in [-0.15, -0.1) is 11.8 Å². The predicted octanol–water partition coefficient (Wildman–Crippen LogP) is 3.43. The number of carboxylic acid groups (broad SMARTS) is 1. The molecule has 0 bridgehead atoms. The van der Waals surface area contributed by atoms with Crippen molar-refractivity contribution in [2.75, 3.05) is 7.11 Å². The van der Waals surface area contributed by atoms with E-state index in [-0.39, 0.29) is 0 Å². The Bertz CT molecular complexity index is 402. The van der Waals surface area contributed by atoms with Gasteiger partial charge in [0.05, 0.1) is 11.7 Å². The molecular weight excluding hydrogens is 248 g/mol. The molecule has 0 spiro atoms. The van der Waals surface area contributed by atoms with Crippen LogP contribution in [0.2, 0.25) is 0 Å². The quantitative estimate of drug-likeness (QED) is 0.907. The van der Waals surface area contributed by atoms with Gasteiger partial charge >= 0.3 is 5.97 Å². The van der Waals surface area contributed by atoms with Gasteiger partial charge in [-0.05, 0) is 49.9 Å². The first-order valence-electron chi connectivity index (χ1n) is 6.22. The number of benzene rings is 1. The summed E-state index contributed by atoms with van der Waals surface area (Å²) in [6.45, 7) is 0. The number of ether oxygens (including phenoxy) is 1. The van der Waals surface area contributed by atoms with E-state index >= 15 is 0 Å². The van der Waals surface area contributed by atoms with Gasteiger partial charge in [0.25, 0.3) is 0 Å². The van der Waals surface area contributed by atoms with E-state index in [1.807, 2.05) is 23.9 Å². The zero-order valence-electron chi connectivity index (χ0n) is 10.5. The van der Waals surface area contributed by atoms with Gasteiger partial charge in [-0.25, -0.2) is 4.79 Å². The highest BCUT2D eigenvalue weighted by Crippen LogP contribution is 2.34. The Balaban J connectivity index is 1.94. The molecule has 2 atom stereocenters. The molecule has 0 aromatic heterocycles. The highest BCUT2D eigenvalue weighted by molar-refractivity contribution is 8.00. The van der Waals surface area contributed by atoms with Gasteiger partial charge in [0.2, 0.25) is 0 Å². The Labute approximate surface area is 112 Å². The highest BCUT2D eigenvalue weighted by atomic mass is 32.2. The minimum atomic E-state index is -0.872. The molecule has 18 heavy (non-hydrogen) atoms. The van der Waals surface area contributed by atoms with E-state index in [1.54, 1.807) is 19.2 Å². The Hall–Kier alpha value is -1.00. The molecular formula is C14H18O3S. The molecule has 3 nitrogen and oxygen atoms in total. The van der Waals surface area contributed by atoms with Gasteiger partial charge in [0.1, 0.15) is 0 Å². The maximum atomic E-state index is 10.8. The first kappa shape index (κ1) is 13.4. The second-order valence-electron chi connectivity index (χ2n) is 4.59. The summed E-state index contributed by atoms with van der Waals surface area (Å²) < 4.78 is 5.42. The molecule has 0 saturated heterocycles. The maximum absolute atomic E-state index is 10.8. The van der Waals surface area contributed by atoms with Crippen LogP contribution in [-0.4, -0.2) is 29.5 Å². The van der Waals surface area contributed by atoms with Gasteiger partial charge < -0.3 is 9.84 Å². The van der Waals surface area contributed by atoms with Crippen LogP contribution in [0.3, 0.4) is 0 Å². The van der Waals surface area contributed by atoms with Crippen LogP contribution < -0.4 is 0 Å². The third-order valence-corrected chi connectivity index (χ3v) is 4.62. The Kier molecular flexibility index (Phi) is 4.66. The summed E-state index contributed by atoms with van der Waals surface area (Å²) in [5, 5.41) is 9.42. The number of carboxylic acids is 1. The molecule has 1 aliphatic rings. The fraction of sp³-hybridized carbons (Fsp3) is 0.500. The van der Waals surface area contributed by atoms with Gasteiger partial charge in [0, 0.05) is 17.3 Å². The van der Waals surface area contributed by atoms with E-state index < -0.39 is 5.97 Å². The Morgan fingerprint density at radius 2 is 2.06 bits per heavy atom. The van der Waals surface area contributed by atoms with Crippen molar-refractivity contribution >= 4 is 17.7 Å². The monoisotopic (exact) mass is 266 g/mol. The van der Waals surface area contributed by atoms with Crippen LogP contribution in [-0.2, 0) is 4.74 Å². The SMILES string of the molecule is COC1CCCC(Sc2ccc(C(=O)O)cc2)C1. The van der Waals surface area contributed by atoms with E-state index in [2.05, 4.69) is 0 Å². The zero-order chi connectivity index (χ0) is 13.0. The van der Waals surface area contributed by atoms with Crippen LogP contribution in [0.4, 0.5) is 0 Å². The normalized spacial score (nSPS) is 23.8. The van der Waals surface area contributed by atoms with Gasteiger partial charge in [-0.1, -0.05) is 0 Å². The average Bonchev–Trinajstić information content (AvgIpc) is 2.39. The number of carbonyl (C=O) groups is 1. The predicted molar refractivity (Wildman–Crippen MR) is 72.3 cm³/mol. The molecule has 0 aliphatic heterocycles. The molecule has 1 fully saturated rings. The van der Waals surface area contributed by atoms with E-state index in [4.69, 9.17) is 9.84 Å². The highest BCUT2D eigenvalue weighted by Gasteiger charge is 2.22. The average molecular weight is 266 g/mol. The van der Waals surface area contributed by atoms with Crippen molar-refractivity contribution in [1.82, 2.24) is 0 Å². The maximum Gasteiger partial charge on any atom is 0.335 e. The van der Waals surface area contributed by atoms with Gasteiger partial charge in [-0.2, -0.15) is 0 Å². The van der Waals surface area contributed by atoms with Gasteiger partial charge in [0.15, 0.2) is 0 Å². The number of thioether (sulfide) groups is 1. The molecule has 0 amide bonds. The molecule has 1 aromatic carbocycles. The number of rotatable bonds is 4. The molecule has 2 unspecified atom stereocenters. The summed E-state index contributed by atoms with van der Waals surface area (Å²) >= 11 is 1.83. The lowest BCUT2D eigenvalue weighted by Gasteiger charge is -2.27. The van der Waals surface area contributed by atoms with E-state index in [0.717, 1.165) is 17.7 Å². The lowest BCUT2D eigenvalue weighted by molar-refractivity contribution is 0.0696. The van der Waals surface area contributed by atoms with Crippen LogP contribution in [0, 0.1) is 0 Å². The minimum absolute atomic E-state index is 0.345. The van der Waals surface area contributed by atoms with Gasteiger partial charge in [-0.3, -0.25) is 0 Å². The van der Waals surface area contributed by atoms with E-state index in [1.165, 1.54) is 12.8 Å². The number of hydrogen-bond acceptors (Lipinski definition) is 3. The molecule has 1 N–H and O–H groups in total. The van der Waals surface area contributed by atoms with Crippen molar-refractivity contribution in [3.05, 3.63) is 29.8 Å². The van der Waals surface area contributed by atoms with Crippen molar-refractivity contribution in [1.29, 1.82) is 0 Å². The summed E-state index contributed by atoms with van der Waals surface area (Å²) in [5.41, 5.74) is 0.345. The lowest BCUT2D eigenvalue weighted by atomic mass is 9.97. The summed E-state index contributed by atoms with van der Waals surface area (Å²) in [7, 11) is 1.78. The fourth-order valence-electron chi connectivity index (χ4n) is 2.29. The first-order chi connectivity index (χ1) is 8.69. The van der Waals surface area contributed by atoms with Crippen LogP contribution in [0.25, 0.3) is 0 Å². The van der Waals surface area contributed by atoms with Crippen LogP contribution in [0.1, 0.15) is 36.0 Å². The lowest BCUT2D eigenvalue weighted by Crippen LogP contribution is -2.23. The topological polar surface area (TPSA) is 46.5 Å². The first-order valence-corrected chi connectivity index (χ1v) is 7.10. The van der Waals surface area contributed by atoms with Crippen molar-refractivity contribution in [3.63, 3.8) is 0 Å². The molecule has 4 heteroatoms. The summed E-state index contributed by atoms with van der Waals surface area (Å²) in [6.07, 6.45) is 5.05. The summed E-state index contributed by atoms with van der Waals surface area (Å²) in [5.74, 6) is -0.872. The summed E-state index contributed by atoms with van der Waals surface area (Å²) in [4.78, 5) is 11.9. The van der Waals surface area contributed by atoms with Crippen LogP contribution >= 0.6 is 11.8 Å². The third kappa shape index (κ3) is 3.50. The molecule has 1 saturated carbocycles. The standard InChI is InChI=1S/C14H18O3S/c1-17-11-3-2-4-13(9-11)18-12-7-5-10(6-8-12)14(15)16/h5-8,11,13H,2-4,9H2,1H3,(H,15,16). The molecule has 2 rings (SSSR count). The molecule has 0 radical (unpaired) electrons. The van der Waals surface area contributed by atoms with E-state index in [0.29, 0.717) is 16.9 Å². The van der Waals surface area contributed by atoms with Crippen molar-refractivity contribution in [2.24, 2.45) is 0 Å². The second kappa shape index (κ2) is 6.25. The van der Waals surface area contributed by atoms with Crippen LogP contribution in [0.15, 0.2) is 29.2 Å². The number of hydrogen-bond donors (Lipinski definition) is 1. The largest absolute Gasteiger partial charge is 0.478 e. The van der Waals surface area contributed by atoms with Crippen molar-refractivity contribution in [3.8, 4) is 0 Å². The minimum Gasteiger partial charge on any atom is -0.478 e. The van der Waals surface area contributed by atoms with Crippen molar-refractivity contribution < 1.29 is 14.6 Å². The Morgan fingerprint density at radius 1 is 1.33 bits per heavy atom. The fourth-order valence-corrected chi connectivity index (χ4v) is 3.57. The third-order valence-electron chi connectivity index (χ3n) is 3.32. The molecule has 1 aliphatic carbocycles. The second-order valence-corrected chi connectivity index (χ2v) is 5.97. The zero-order valence-corrected chi connectivity index (χ0v) is 11.3. The number of methoxy groups -OCH3 is 1. The summed E-state index contributed by atoms with van der Waals surface area (Å²) in [6, 6.07) is 7.12. The smallest absolute Gasteiger partial charge is 0.335 e. The number of aromatic carboxylic acids is 1.